The summed E-state index contributed by atoms with van der Waals surface area (Å²) in [6, 6.07) is 17.0. The maximum Gasteiger partial charge on any atom is 0.253 e. The topological polar surface area (TPSA) is 64.1 Å². The third-order valence-corrected chi connectivity index (χ3v) is 3.43. The smallest absolute Gasteiger partial charge is 0.253 e. The Bertz CT molecular complexity index is 775. The molecular weight excluding hydrogens is 302 g/mol. The molecule has 24 heavy (non-hydrogen) atoms. The minimum absolute atomic E-state index is 0.172. The molecule has 0 unspecified atom stereocenters. The summed E-state index contributed by atoms with van der Waals surface area (Å²) in [7, 11) is 0. The van der Waals surface area contributed by atoms with E-state index in [9.17, 15) is 4.79 Å². The van der Waals surface area contributed by atoms with Crippen molar-refractivity contribution in [2.75, 3.05) is 0 Å². The van der Waals surface area contributed by atoms with Crippen LogP contribution < -0.4 is 10.1 Å². The van der Waals surface area contributed by atoms with Gasteiger partial charge in [-0.25, -0.2) is 4.98 Å². The molecule has 1 N–H and O–H groups in total. The Morgan fingerprint density at radius 3 is 2.46 bits per heavy atom. The Labute approximate surface area is 140 Å². The Balaban J connectivity index is 1.53. The van der Waals surface area contributed by atoms with Gasteiger partial charge in [-0.05, 0) is 29.3 Å². The Kier molecular flexibility index (Phi) is 5.14. The van der Waals surface area contributed by atoms with Crippen molar-refractivity contribution in [2.45, 2.75) is 13.2 Å². The first-order valence-electron chi connectivity index (χ1n) is 7.61. The Hall–Kier alpha value is -3.21. The van der Waals surface area contributed by atoms with Gasteiger partial charge in [-0.15, -0.1) is 0 Å². The molecule has 0 aliphatic rings. The number of hydrogen-bond donors (Lipinski definition) is 1. The van der Waals surface area contributed by atoms with E-state index in [1.165, 1.54) is 6.20 Å². The molecule has 2 aromatic heterocycles. The number of pyridine rings is 2. The molecule has 1 amide bonds. The van der Waals surface area contributed by atoms with E-state index in [2.05, 4.69) is 15.3 Å². The predicted molar refractivity (Wildman–Crippen MR) is 90.4 cm³/mol. The van der Waals surface area contributed by atoms with E-state index in [-0.39, 0.29) is 5.91 Å². The molecule has 0 aliphatic heterocycles. The highest BCUT2D eigenvalue weighted by Crippen LogP contribution is 2.10. The summed E-state index contributed by atoms with van der Waals surface area (Å²) < 4.78 is 5.61. The highest BCUT2D eigenvalue weighted by atomic mass is 16.5. The molecule has 0 radical (unpaired) electrons. The molecule has 2 heterocycles. The van der Waals surface area contributed by atoms with Crippen molar-refractivity contribution in [2.24, 2.45) is 0 Å². The maximum atomic E-state index is 12.1. The third kappa shape index (κ3) is 4.39. The van der Waals surface area contributed by atoms with Gasteiger partial charge < -0.3 is 10.1 Å². The van der Waals surface area contributed by atoms with Crippen molar-refractivity contribution in [1.29, 1.82) is 0 Å². The highest BCUT2D eigenvalue weighted by Gasteiger charge is 2.06. The van der Waals surface area contributed by atoms with Gasteiger partial charge in [-0.1, -0.05) is 30.3 Å². The first-order valence-corrected chi connectivity index (χ1v) is 7.61. The average Bonchev–Trinajstić information content (AvgIpc) is 2.66. The normalized spacial score (nSPS) is 10.2. The molecule has 0 saturated carbocycles. The van der Waals surface area contributed by atoms with Crippen molar-refractivity contribution < 1.29 is 9.53 Å². The van der Waals surface area contributed by atoms with Crippen molar-refractivity contribution in [3.63, 3.8) is 0 Å². The predicted octanol–water partition coefficient (Wildman–Crippen LogP) is 2.99. The van der Waals surface area contributed by atoms with Crippen LogP contribution in [0.25, 0.3) is 0 Å². The van der Waals surface area contributed by atoms with Gasteiger partial charge in [0.2, 0.25) is 5.88 Å². The SMILES string of the molecule is O=C(NCc1ccncc1)c1ccc(OCc2ccccc2)nc1. The number of hydrogen-bond acceptors (Lipinski definition) is 4. The van der Waals surface area contributed by atoms with Gasteiger partial charge in [-0.3, -0.25) is 9.78 Å². The summed E-state index contributed by atoms with van der Waals surface area (Å²) in [6.45, 7) is 0.898. The monoisotopic (exact) mass is 319 g/mol. The van der Waals surface area contributed by atoms with Crippen molar-refractivity contribution in [1.82, 2.24) is 15.3 Å². The zero-order valence-electron chi connectivity index (χ0n) is 13.1. The Morgan fingerprint density at radius 1 is 0.958 bits per heavy atom. The van der Waals surface area contributed by atoms with E-state index in [1.807, 2.05) is 42.5 Å². The summed E-state index contributed by atoms with van der Waals surface area (Å²) in [5.41, 5.74) is 2.56. The van der Waals surface area contributed by atoms with Crippen LogP contribution in [0.3, 0.4) is 0 Å². The lowest BCUT2D eigenvalue weighted by Crippen LogP contribution is -2.22. The van der Waals surface area contributed by atoms with Gasteiger partial charge in [0, 0.05) is 31.2 Å². The fourth-order valence-electron chi connectivity index (χ4n) is 2.12. The number of nitrogens with zero attached hydrogens (tertiary/aromatic N) is 2. The van der Waals surface area contributed by atoms with Crippen LogP contribution in [0, 0.1) is 0 Å². The molecule has 0 aliphatic carbocycles. The molecule has 0 fully saturated rings. The van der Waals surface area contributed by atoms with E-state index in [0.29, 0.717) is 24.6 Å². The van der Waals surface area contributed by atoms with Crippen LogP contribution in [0.1, 0.15) is 21.5 Å². The highest BCUT2D eigenvalue weighted by molar-refractivity contribution is 5.93. The van der Waals surface area contributed by atoms with E-state index in [4.69, 9.17) is 4.74 Å². The first-order chi connectivity index (χ1) is 11.8. The average molecular weight is 319 g/mol. The lowest BCUT2D eigenvalue weighted by atomic mass is 10.2. The number of rotatable bonds is 6. The maximum absolute atomic E-state index is 12.1. The zero-order chi connectivity index (χ0) is 16.6. The number of carbonyl (C=O) groups is 1. The second kappa shape index (κ2) is 7.87. The molecule has 5 heteroatoms. The second-order valence-electron chi connectivity index (χ2n) is 5.20. The van der Waals surface area contributed by atoms with Crippen molar-refractivity contribution >= 4 is 5.91 Å². The standard InChI is InChI=1S/C19H17N3O2/c23-19(22-12-15-8-10-20-11-9-15)17-6-7-18(21-13-17)24-14-16-4-2-1-3-5-16/h1-11,13H,12,14H2,(H,22,23). The summed E-state index contributed by atoms with van der Waals surface area (Å²) >= 11 is 0. The summed E-state index contributed by atoms with van der Waals surface area (Å²) in [5.74, 6) is 0.318. The van der Waals surface area contributed by atoms with Crippen molar-refractivity contribution in [3.8, 4) is 5.88 Å². The molecule has 1 aromatic carbocycles. The Morgan fingerprint density at radius 2 is 1.75 bits per heavy atom. The van der Waals surface area contributed by atoms with Gasteiger partial charge in [0.25, 0.3) is 5.91 Å². The van der Waals surface area contributed by atoms with Gasteiger partial charge in [0.05, 0.1) is 5.56 Å². The van der Waals surface area contributed by atoms with Crippen LogP contribution in [0.15, 0.2) is 73.2 Å². The molecule has 120 valence electrons. The van der Waals surface area contributed by atoms with Crippen LogP contribution in [-0.2, 0) is 13.2 Å². The number of aromatic nitrogens is 2. The summed E-state index contributed by atoms with van der Waals surface area (Å²) in [6.07, 6.45) is 4.91. The number of benzene rings is 1. The quantitative estimate of drug-likeness (QED) is 0.758. The number of nitrogens with one attached hydrogen (secondary N) is 1. The second-order valence-corrected chi connectivity index (χ2v) is 5.20. The largest absolute Gasteiger partial charge is 0.473 e. The van der Waals surface area contributed by atoms with Gasteiger partial charge in [-0.2, -0.15) is 0 Å². The van der Waals surface area contributed by atoms with Gasteiger partial charge >= 0.3 is 0 Å². The van der Waals surface area contributed by atoms with Crippen LogP contribution in [0.5, 0.6) is 5.88 Å². The molecule has 3 rings (SSSR count). The lowest BCUT2D eigenvalue weighted by Gasteiger charge is -2.07. The van der Waals surface area contributed by atoms with Gasteiger partial charge in [0.15, 0.2) is 0 Å². The first kappa shape index (κ1) is 15.7. The zero-order valence-corrected chi connectivity index (χ0v) is 13.1. The summed E-state index contributed by atoms with van der Waals surface area (Å²) in [5, 5.41) is 2.85. The van der Waals surface area contributed by atoms with E-state index in [0.717, 1.165) is 11.1 Å². The molecule has 0 bridgehead atoms. The fraction of sp³-hybridized carbons (Fsp3) is 0.105. The molecule has 0 spiro atoms. The van der Waals surface area contributed by atoms with E-state index in [1.54, 1.807) is 24.5 Å². The van der Waals surface area contributed by atoms with Crippen LogP contribution in [0.2, 0.25) is 0 Å². The number of amides is 1. The summed E-state index contributed by atoms with van der Waals surface area (Å²) in [4.78, 5) is 20.2. The number of carbonyl (C=O) groups excluding carboxylic acids is 1. The van der Waals surface area contributed by atoms with E-state index < -0.39 is 0 Å². The minimum Gasteiger partial charge on any atom is -0.473 e. The van der Waals surface area contributed by atoms with Gasteiger partial charge in [0.1, 0.15) is 6.61 Å². The molecule has 0 saturated heterocycles. The van der Waals surface area contributed by atoms with Crippen LogP contribution >= 0.6 is 0 Å². The molecule has 0 atom stereocenters. The minimum atomic E-state index is -0.172. The number of ether oxygens (including phenoxy) is 1. The van der Waals surface area contributed by atoms with Crippen LogP contribution in [0.4, 0.5) is 0 Å². The van der Waals surface area contributed by atoms with E-state index >= 15 is 0 Å². The lowest BCUT2D eigenvalue weighted by molar-refractivity contribution is 0.0950. The third-order valence-electron chi connectivity index (χ3n) is 3.43. The fourth-order valence-corrected chi connectivity index (χ4v) is 2.12. The van der Waals surface area contributed by atoms with Crippen LogP contribution in [-0.4, -0.2) is 15.9 Å². The van der Waals surface area contributed by atoms with Crippen molar-refractivity contribution in [3.05, 3.63) is 89.9 Å². The molecular formula is C19H17N3O2. The molecule has 3 aromatic rings. The molecule has 5 nitrogen and oxygen atoms in total.